The van der Waals surface area contributed by atoms with Crippen molar-refractivity contribution in [2.24, 2.45) is 0 Å². The summed E-state index contributed by atoms with van der Waals surface area (Å²) in [5.74, 6) is 2.07. The Morgan fingerprint density at radius 3 is 2.05 bits per heavy atom. The summed E-state index contributed by atoms with van der Waals surface area (Å²) < 4.78 is 0. The predicted molar refractivity (Wildman–Crippen MR) is 84.5 cm³/mol. The minimum absolute atomic E-state index is 0.630. The number of aromatic nitrogens is 3. The molecular weight excluding hydrogens is 266 g/mol. The summed E-state index contributed by atoms with van der Waals surface area (Å²) in [4.78, 5) is 15.8. The van der Waals surface area contributed by atoms with Crippen molar-refractivity contribution in [3.63, 3.8) is 0 Å². The summed E-state index contributed by atoms with van der Waals surface area (Å²) >= 11 is 0. The quantitative estimate of drug-likeness (QED) is 0.875. The maximum Gasteiger partial charge on any atom is 0.244 e. The minimum Gasteiger partial charge on any atom is -0.357 e. The van der Waals surface area contributed by atoms with E-state index in [9.17, 15) is 0 Å². The lowest BCUT2D eigenvalue weighted by molar-refractivity contribution is 0.271. The lowest BCUT2D eigenvalue weighted by Crippen LogP contribution is -2.36. The van der Waals surface area contributed by atoms with Gasteiger partial charge >= 0.3 is 0 Å². The smallest absolute Gasteiger partial charge is 0.244 e. The van der Waals surface area contributed by atoms with E-state index in [1.807, 2.05) is 7.05 Å². The fraction of sp³-hybridized carbons (Fsp3) is 0.786. The lowest BCUT2D eigenvalue weighted by Gasteiger charge is -2.29. The molecule has 0 saturated carbocycles. The first-order valence-electron chi connectivity index (χ1n) is 8.05. The summed E-state index contributed by atoms with van der Waals surface area (Å²) in [6.45, 7) is 4.19. The number of rotatable bonds is 4. The summed E-state index contributed by atoms with van der Waals surface area (Å²) in [7, 11) is 1.85. The Morgan fingerprint density at radius 1 is 0.762 bits per heavy atom. The Bertz CT molecular complexity index is 453. The summed E-state index contributed by atoms with van der Waals surface area (Å²) in [5, 5.41) is 5.24. The summed E-state index contributed by atoms with van der Waals surface area (Å²) in [6, 6.07) is 0. The molecule has 0 unspecified atom stereocenters. The molecule has 0 bridgehead atoms. The molecule has 0 amide bonds. The molecule has 2 N–H and O–H groups in total. The number of hydrazine groups is 1. The number of piperidine rings is 2. The molecule has 2 saturated heterocycles. The second kappa shape index (κ2) is 6.89. The van der Waals surface area contributed by atoms with Crippen LogP contribution in [-0.2, 0) is 0 Å². The van der Waals surface area contributed by atoms with Crippen molar-refractivity contribution in [3.8, 4) is 0 Å². The molecule has 2 aliphatic heterocycles. The first-order chi connectivity index (χ1) is 10.3. The number of nitrogens with zero attached hydrogens (tertiary/aromatic N) is 5. The average Bonchev–Trinajstić information content (AvgIpc) is 2.56. The van der Waals surface area contributed by atoms with Crippen molar-refractivity contribution in [3.05, 3.63) is 0 Å². The van der Waals surface area contributed by atoms with Gasteiger partial charge in [0.2, 0.25) is 17.8 Å². The van der Waals surface area contributed by atoms with Crippen LogP contribution in [0.25, 0.3) is 0 Å². The molecular formula is C14H25N7. The first-order valence-corrected chi connectivity index (χ1v) is 8.05. The molecule has 0 spiro atoms. The molecule has 2 fully saturated rings. The van der Waals surface area contributed by atoms with Crippen LogP contribution in [0.1, 0.15) is 38.5 Å². The average molecular weight is 291 g/mol. The molecule has 7 heteroatoms. The molecule has 116 valence electrons. The molecule has 0 atom stereocenters. The lowest BCUT2D eigenvalue weighted by atomic mass is 10.1. The van der Waals surface area contributed by atoms with Crippen molar-refractivity contribution in [1.82, 2.24) is 20.0 Å². The zero-order valence-corrected chi connectivity index (χ0v) is 12.8. The highest BCUT2D eigenvalue weighted by atomic mass is 15.5. The largest absolute Gasteiger partial charge is 0.357 e. The van der Waals surface area contributed by atoms with Gasteiger partial charge in [0.05, 0.1) is 0 Å². The van der Waals surface area contributed by atoms with E-state index in [-0.39, 0.29) is 0 Å². The normalized spacial score (nSPS) is 20.3. The Balaban J connectivity index is 1.75. The Labute approximate surface area is 126 Å². The van der Waals surface area contributed by atoms with Crippen LogP contribution in [0, 0.1) is 0 Å². The van der Waals surface area contributed by atoms with Gasteiger partial charge in [-0.3, -0.25) is 5.43 Å². The van der Waals surface area contributed by atoms with E-state index in [4.69, 9.17) is 0 Å². The molecule has 0 aliphatic carbocycles. The molecule has 3 heterocycles. The number of hydrogen-bond acceptors (Lipinski definition) is 7. The van der Waals surface area contributed by atoms with Gasteiger partial charge < -0.3 is 10.2 Å². The molecule has 2 aliphatic rings. The SMILES string of the molecule is CNc1nc(NN2CCCCC2)nc(N2CCCCC2)n1. The van der Waals surface area contributed by atoms with Crippen molar-refractivity contribution >= 4 is 17.8 Å². The van der Waals surface area contributed by atoms with E-state index < -0.39 is 0 Å². The van der Waals surface area contributed by atoms with Gasteiger partial charge in [-0.15, -0.1) is 0 Å². The van der Waals surface area contributed by atoms with E-state index in [1.165, 1.54) is 38.5 Å². The molecule has 21 heavy (non-hydrogen) atoms. The van der Waals surface area contributed by atoms with Crippen LogP contribution >= 0.6 is 0 Å². The highest BCUT2D eigenvalue weighted by molar-refractivity contribution is 5.43. The minimum atomic E-state index is 0.630. The highest BCUT2D eigenvalue weighted by Gasteiger charge is 2.17. The van der Waals surface area contributed by atoms with E-state index in [0.717, 1.165) is 32.1 Å². The van der Waals surface area contributed by atoms with Gasteiger partial charge in [0.15, 0.2) is 0 Å². The van der Waals surface area contributed by atoms with Gasteiger partial charge in [0, 0.05) is 33.2 Å². The van der Waals surface area contributed by atoms with Crippen LogP contribution in [0.15, 0.2) is 0 Å². The van der Waals surface area contributed by atoms with Crippen molar-refractivity contribution < 1.29 is 0 Å². The van der Waals surface area contributed by atoms with Gasteiger partial charge in [-0.1, -0.05) is 6.42 Å². The van der Waals surface area contributed by atoms with Crippen LogP contribution in [0.2, 0.25) is 0 Å². The fourth-order valence-electron chi connectivity index (χ4n) is 2.91. The van der Waals surface area contributed by atoms with Gasteiger partial charge in [0.1, 0.15) is 0 Å². The van der Waals surface area contributed by atoms with Crippen molar-refractivity contribution in [2.45, 2.75) is 38.5 Å². The molecule has 1 aromatic rings. The number of anilines is 3. The van der Waals surface area contributed by atoms with E-state index in [0.29, 0.717) is 11.9 Å². The molecule has 7 nitrogen and oxygen atoms in total. The summed E-state index contributed by atoms with van der Waals surface area (Å²) in [5.41, 5.74) is 3.34. The number of nitrogens with one attached hydrogen (secondary N) is 2. The maximum absolute atomic E-state index is 4.61. The molecule has 0 aromatic carbocycles. The Hall–Kier alpha value is -1.63. The standard InChI is InChI=1S/C14H25N7/c1-15-12-16-13(19-21-10-6-3-7-11-21)18-14(17-12)20-8-4-2-5-9-20/h2-11H2,1H3,(H2,15,16,17,18,19). The van der Waals surface area contributed by atoms with Gasteiger partial charge in [-0.2, -0.15) is 15.0 Å². The topological polar surface area (TPSA) is 69.2 Å². The Morgan fingerprint density at radius 2 is 1.38 bits per heavy atom. The second-order valence-corrected chi connectivity index (χ2v) is 5.74. The van der Waals surface area contributed by atoms with Crippen LogP contribution in [0.3, 0.4) is 0 Å². The van der Waals surface area contributed by atoms with E-state index in [1.54, 1.807) is 0 Å². The van der Waals surface area contributed by atoms with Crippen LogP contribution < -0.4 is 15.6 Å². The molecule has 0 radical (unpaired) electrons. The highest BCUT2D eigenvalue weighted by Crippen LogP contribution is 2.19. The van der Waals surface area contributed by atoms with Gasteiger partial charge in [0.25, 0.3) is 0 Å². The Kier molecular flexibility index (Phi) is 4.69. The van der Waals surface area contributed by atoms with Crippen LogP contribution in [0.5, 0.6) is 0 Å². The van der Waals surface area contributed by atoms with Crippen LogP contribution in [-0.4, -0.2) is 53.2 Å². The number of hydrogen-bond donors (Lipinski definition) is 2. The zero-order chi connectivity index (χ0) is 14.5. The van der Waals surface area contributed by atoms with Crippen molar-refractivity contribution in [2.75, 3.05) is 48.9 Å². The molecule has 1 aromatic heterocycles. The van der Waals surface area contributed by atoms with Gasteiger partial charge in [-0.25, -0.2) is 5.01 Å². The monoisotopic (exact) mass is 291 g/mol. The third-order valence-corrected chi connectivity index (χ3v) is 4.10. The van der Waals surface area contributed by atoms with E-state index in [2.05, 4.69) is 35.6 Å². The third-order valence-electron chi connectivity index (χ3n) is 4.10. The second-order valence-electron chi connectivity index (χ2n) is 5.74. The van der Waals surface area contributed by atoms with Crippen LogP contribution in [0.4, 0.5) is 17.8 Å². The third kappa shape index (κ3) is 3.72. The fourth-order valence-corrected chi connectivity index (χ4v) is 2.91. The van der Waals surface area contributed by atoms with Crippen molar-refractivity contribution in [1.29, 1.82) is 0 Å². The summed E-state index contributed by atoms with van der Waals surface area (Å²) in [6.07, 6.45) is 7.52. The molecule has 3 rings (SSSR count). The van der Waals surface area contributed by atoms with Gasteiger partial charge in [-0.05, 0) is 32.1 Å². The zero-order valence-electron chi connectivity index (χ0n) is 12.8. The first kappa shape index (κ1) is 14.3. The maximum atomic E-state index is 4.61. The van der Waals surface area contributed by atoms with E-state index >= 15 is 0 Å². The predicted octanol–water partition coefficient (Wildman–Crippen LogP) is 1.72.